The lowest BCUT2D eigenvalue weighted by Gasteiger charge is -2.35. The van der Waals surface area contributed by atoms with E-state index in [-0.39, 0.29) is 11.8 Å². The topological polar surface area (TPSA) is 89.8 Å². The number of hydrogen-bond donors (Lipinski definition) is 0. The summed E-state index contributed by atoms with van der Waals surface area (Å²) < 4.78 is 13.1. The Bertz CT molecular complexity index is 1360. The molecule has 1 fully saturated rings. The minimum Gasteiger partial charge on any atom is -0.494 e. The average molecular weight is 530 g/mol. The molecule has 39 heavy (non-hydrogen) atoms. The number of amides is 2. The van der Waals surface area contributed by atoms with E-state index < -0.39 is 11.5 Å². The number of para-hydroxylation sites is 1. The molecule has 3 aliphatic heterocycles. The zero-order valence-electron chi connectivity index (χ0n) is 22.4. The van der Waals surface area contributed by atoms with E-state index >= 15 is 0 Å². The minimum atomic E-state index is -0.878. The Balaban J connectivity index is 1.43. The van der Waals surface area contributed by atoms with Gasteiger partial charge in [-0.3, -0.25) is 14.3 Å². The molecule has 2 atom stereocenters. The van der Waals surface area contributed by atoms with Gasteiger partial charge in [-0.15, -0.1) is 5.10 Å². The van der Waals surface area contributed by atoms with Crippen LogP contribution in [0.2, 0.25) is 0 Å². The molecule has 3 aliphatic rings. The molecule has 9 nitrogen and oxygen atoms in total. The molecule has 3 aromatic rings. The number of nitrogens with zero attached hydrogens (tertiary/aromatic N) is 5. The molecule has 0 saturated carbocycles. The number of aromatic nitrogens is 3. The predicted molar refractivity (Wildman–Crippen MR) is 145 cm³/mol. The van der Waals surface area contributed by atoms with Gasteiger partial charge in [-0.1, -0.05) is 42.0 Å². The SMILES string of the molecule is COCCCCCC(=O)N1CC[C@]23C(=O)N(Cc4cn(nn4)CCCOc4cccc(c4)[C@H]12)c1ccccc13. The van der Waals surface area contributed by atoms with Crippen molar-refractivity contribution in [2.45, 2.75) is 63.1 Å². The first kappa shape index (κ1) is 25.6. The summed E-state index contributed by atoms with van der Waals surface area (Å²) in [6.45, 7) is 2.78. The Morgan fingerprint density at radius 2 is 2.03 bits per heavy atom. The first-order valence-electron chi connectivity index (χ1n) is 13.9. The number of carbonyl (C=O) groups is 2. The van der Waals surface area contributed by atoms with E-state index in [4.69, 9.17) is 9.47 Å². The van der Waals surface area contributed by atoms with Gasteiger partial charge in [0, 0.05) is 45.3 Å². The Morgan fingerprint density at radius 1 is 1.13 bits per heavy atom. The standard InChI is InChI=1S/C30H35N5O4/c1-38-17-6-2-3-13-27(36)34-16-14-30-25-11-4-5-12-26(25)35(29(30)37)21-23-20-33(32-31-23)15-8-18-39-24-10-7-9-22(19-24)28(30)34/h4-5,7,9-12,19-20,28H,2-3,6,8,13-18,21H2,1H3/t28-,30+/m0/s1. The Hall–Kier alpha value is -3.72. The maximum absolute atomic E-state index is 14.6. The van der Waals surface area contributed by atoms with Crippen LogP contribution in [0.3, 0.4) is 0 Å². The van der Waals surface area contributed by atoms with E-state index in [1.807, 2.05) is 63.1 Å². The fraction of sp³-hybridized carbons (Fsp3) is 0.467. The van der Waals surface area contributed by atoms with Crippen molar-refractivity contribution in [3.8, 4) is 5.75 Å². The highest BCUT2D eigenvalue weighted by molar-refractivity contribution is 6.09. The average Bonchev–Trinajstić information content (AvgIpc) is 3.64. The van der Waals surface area contributed by atoms with E-state index in [0.29, 0.717) is 45.7 Å². The monoisotopic (exact) mass is 529 g/mol. The first-order valence-corrected chi connectivity index (χ1v) is 13.9. The number of fused-ring (bicyclic) bond motifs is 8. The molecule has 0 N–H and O–H groups in total. The molecule has 9 heteroatoms. The van der Waals surface area contributed by atoms with Crippen molar-refractivity contribution in [2.24, 2.45) is 0 Å². The lowest BCUT2D eigenvalue weighted by Crippen LogP contribution is -2.45. The largest absolute Gasteiger partial charge is 0.494 e. The third kappa shape index (κ3) is 4.58. The quantitative estimate of drug-likeness (QED) is 0.448. The third-order valence-corrected chi connectivity index (χ3v) is 8.27. The van der Waals surface area contributed by atoms with Crippen molar-refractivity contribution in [2.75, 3.05) is 31.8 Å². The fourth-order valence-corrected chi connectivity index (χ4v) is 6.49. The molecule has 1 spiro atoms. The number of unbranched alkanes of at least 4 members (excludes halogenated alkanes) is 2. The number of benzene rings is 2. The zero-order valence-corrected chi connectivity index (χ0v) is 22.4. The highest BCUT2D eigenvalue weighted by Crippen LogP contribution is 2.57. The maximum Gasteiger partial charge on any atom is 0.240 e. The number of hydrogen-bond acceptors (Lipinski definition) is 6. The number of anilines is 1. The van der Waals surface area contributed by atoms with Crippen molar-refractivity contribution in [3.05, 3.63) is 71.5 Å². The van der Waals surface area contributed by atoms with Gasteiger partial charge in [0.1, 0.15) is 16.9 Å². The van der Waals surface area contributed by atoms with E-state index in [1.54, 1.807) is 7.11 Å². The zero-order chi connectivity index (χ0) is 26.8. The van der Waals surface area contributed by atoms with Crippen LogP contribution in [0.15, 0.2) is 54.7 Å². The van der Waals surface area contributed by atoms with Gasteiger partial charge in [-0.2, -0.15) is 0 Å². The van der Waals surface area contributed by atoms with Gasteiger partial charge in [0.05, 0.1) is 25.4 Å². The number of rotatable bonds is 6. The number of aryl methyl sites for hydroxylation is 1. The molecule has 2 aromatic carbocycles. The smallest absolute Gasteiger partial charge is 0.240 e. The molecule has 6 bridgehead atoms. The minimum absolute atomic E-state index is 0.0137. The number of methoxy groups -OCH3 is 1. The lowest BCUT2D eigenvalue weighted by atomic mass is 9.72. The van der Waals surface area contributed by atoms with E-state index in [0.717, 1.165) is 53.9 Å². The summed E-state index contributed by atoms with van der Waals surface area (Å²) in [5.41, 5.74) is 2.65. The summed E-state index contributed by atoms with van der Waals surface area (Å²) in [5, 5.41) is 8.63. The van der Waals surface area contributed by atoms with Crippen LogP contribution in [0.4, 0.5) is 5.69 Å². The lowest BCUT2D eigenvalue weighted by molar-refractivity contribution is -0.134. The number of likely N-dealkylation sites (tertiary alicyclic amines) is 1. The van der Waals surface area contributed by atoms with Crippen LogP contribution >= 0.6 is 0 Å². The molecule has 0 radical (unpaired) electrons. The first-order chi connectivity index (χ1) is 19.1. The summed E-state index contributed by atoms with van der Waals surface area (Å²) >= 11 is 0. The van der Waals surface area contributed by atoms with E-state index in [1.165, 1.54) is 0 Å². The van der Waals surface area contributed by atoms with Gasteiger partial charge in [0.25, 0.3) is 0 Å². The van der Waals surface area contributed by atoms with Crippen molar-refractivity contribution in [1.82, 2.24) is 19.9 Å². The molecular formula is C30H35N5O4. The maximum atomic E-state index is 14.6. The van der Waals surface area contributed by atoms with Gasteiger partial charge >= 0.3 is 0 Å². The van der Waals surface area contributed by atoms with Crippen LogP contribution in [0, 0.1) is 0 Å². The highest BCUT2D eigenvalue weighted by Gasteiger charge is 2.61. The normalized spacial score (nSPS) is 22.1. The highest BCUT2D eigenvalue weighted by atomic mass is 16.5. The van der Waals surface area contributed by atoms with Crippen molar-refractivity contribution >= 4 is 17.5 Å². The summed E-state index contributed by atoms with van der Waals surface area (Å²) in [6.07, 6.45) is 6.37. The summed E-state index contributed by atoms with van der Waals surface area (Å²) in [5.74, 6) is 0.844. The van der Waals surface area contributed by atoms with Gasteiger partial charge in [-0.05, 0) is 48.6 Å². The number of carbonyl (C=O) groups excluding carboxylic acids is 2. The van der Waals surface area contributed by atoms with Crippen LogP contribution in [-0.4, -0.2) is 58.6 Å². The molecule has 2 amide bonds. The van der Waals surface area contributed by atoms with Gasteiger partial charge in [-0.25, -0.2) is 0 Å². The molecule has 1 saturated heterocycles. The Labute approximate surface area is 228 Å². The van der Waals surface area contributed by atoms with Crippen LogP contribution in [0.5, 0.6) is 5.75 Å². The van der Waals surface area contributed by atoms with Gasteiger partial charge < -0.3 is 19.3 Å². The molecule has 0 aliphatic carbocycles. The number of ether oxygens (including phenoxy) is 2. The summed E-state index contributed by atoms with van der Waals surface area (Å²) in [6, 6.07) is 15.5. The molecule has 0 unspecified atom stereocenters. The Kier molecular flexibility index (Phi) is 7.08. The van der Waals surface area contributed by atoms with Gasteiger partial charge in [0.2, 0.25) is 11.8 Å². The third-order valence-electron chi connectivity index (χ3n) is 8.27. The second-order valence-corrected chi connectivity index (χ2v) is 10.7. The van der Waals surface area contributed by atoms with E-state index in [2.05, 4.69) is 16.4 Å². The van der Waals surface area contributed by atoms with Crippen LogP contribution in [0.1, 0.15) is 61.4 Å². The van der Waals surface area contributed by atoms with Crippen LogP contribution in [-0.2, 0) is 32.8 Å². The van der Waals surface area contributed by atoms with E-state index in [9.17, 15) is 9.59 Å². The van der Waals surface area contributed by atoms with Gasteiger partial charge in [0.15, 0.2) is 0 Å². The van der Waals surface area contributed by atoms with Crippen molar-refractivity contribution in [1.29, 1.82) is 0 Å². The fourth-order valence-electron chi connectivity index (χ4n) is 6.49. The molecule has 204 valence electrons. The second-order valence-electron chi connectivity index (χ2n) is 10.7. The molecule has 4 heterocycles. The predicted octanol–water partition coefficient (Wildman–Crippen LogP) is 4.03. The second kappa shape index (κ2) is 10.8. The van der Waals surface area contributed by atoms with Crippen LogP contribution < -0.4 is 9.64 Å². The van der Waals surface area contributed by atoms with Crippen molar-refractivity contribution in [3.63, 3.8) is 0 Å². The van der Waals surface area contributed by atoms with Crippen LogP contribution in [0.25, 0.3) is 0 Å². The summed E-state index contributed by atoms with van der Waals surface area (Å²) in [4.78, 5) is 32.1. The molecular weight excluding hydrogens is 494 g/mol. The molecule has 6 rings (SSSR count). The molecule has 1 aromatic heterocycles. The summed E-state index contributed by atoms with van der Waals surface area (Å²) in [7, 11) is 1.70. The van der Waals surface area contributed by atoms with Crippen molar-refractivity contribution < 1.29 is 19.1 Å². The Morgan fingerprint density at radius 3 is 2.92 bits per heavy atom.